The molecule has 1 N–H and O–H groups in total. The van der Waals surface area contributed by atoms with Gasteiger partial charge in [-0.3, -0.25) is 0 Å². The van der Waals surface area contributed by atoms with Crippen molar-refractivity contribution >= 4 is 11.8 Å². The van der Waals surface area contributed by atoms with Crippen LogP contribution >= 0.6 is 11.8 Å². The zero-order valence-corrected chi connectivity index (χ0v) is 10.1. The van der Waals surface area contributed by atoms with Crippen LogP contribution < -0.4 is 5.32 Å². The van der Waals surface area contributed by atoms with E-state index < -0.39 is 0 Å². The number of nitrogens with one attached hydrogen (secondary N) is 1. The zero-order chi connectivity index (χ0) is 10.5. The molecule has 1 fully saturated rings. The molecule has 1 aromatic rings. The Morgan fingerprint density at radius 2 is 2.33 bits per heavy atom. The van der Waals surface area contributed by atoms with Crippen molar-refractivity contribution in [1.82, 2.24) is 14.9 Å². The van der Waals surface area contributed by atoms with Crippen molar-refractivity contribution in [1.29, 1.82) is 0 Å². The van der Waals surface area contributed by atoms with Gasteiger partial charge in [0.05, 0.1) is 12.0 Å². The molecular formula is C11H19N3S. The number of imidazole rings is 1. The summed E-state index contributed by atoms with van der Waals surface area (Å²) in [6.07, 6.45) is 6.50. The highest BCUT2D eigenvalue weighted by molar-refractivity contribution is 7.99. The summed E-state index contributed by atoms with van der Waals surface area (Å²) in [5.41, 5.74) is 1.30. The molecule has 4 heteroatoms. The van der Waals surface area contributed by atoms with Crippen molar-refractivity contribution in [3.63, 3.8) is 0 Å². The number of hydrogen-bond acceptors (Lipinski definition) is 3. The number of rotatable bonds is 4. The molecule has 2 rings (SSSR count). The maximum absolute atomic E-state index is 4.18. The molecular weight excluding hydrogens is 206 g/mol. The van der Waals surface area contributed by atoms with E-state index in [0.29, 0.717) is 6.04 Å². The number of thioether (sulfide) groups is 1. The summed E-state index contributed by atoms with van der Waals surface area (Å²) in [7, 11) is 0. The van der Waals surface area contributed by atoms with Gasteiger partial charge >= 0.3 is 0 Å². The van der Waals surface area contributed by atoms with E-state index in [2.05, 4.69) is 33.6 Å². The largest absolute Gasteiger partial charge is 0.334 e. The molecule has 0 bridgehead atoms. The third-order valence-corrected chi connectivity index (χ3v) is 3.98. The van der Waals surface area contributed by atoms with Crippen molar-refractivity contribution in [2.75, 3.05) is 11.5 Å². The maximum atomic E-state index is 4.18. The molecule has 0 unspecified atom stereocenters. The first-order chi connectivity index (χ1) is 7.40. The Morgan fingerprint density at radius 1 is 1.53 bits per heavy atom. The van der Waals surface area contributed by atoms with E-state index in [1.165, 1.54) is 30.0 Å². The first-order valence-corrected chi connectivity index (χ1v) is 6.85. The molecule has 0 aromatic carbocycles. The smallest absolute Gasteiger partial charge is 0.0948 e. The quantitative estimate of drug-likeness (QED) is 0.848. The zero-order valence-electron chi connectivity index (χ0n) is 9.28. The molecule has 0 saturated carbocycles. The number of aryl methyl sites for hydroxylation is 1. The fraction of sp³-hybridized carbons (Fsp3) is 0.727. The lowest BCUT2D eigenvalue weighted by Crippen LogP contribution is -2.32. The standard InChI is InChI=1S/C11H19N3S/c1-2-14-9-12-7-11(14)8-13-10-3-5-15-6-4-10/h7,9-10,13H,2-6,8H2,1H3. The van der Waals surface area contributed by atoms with Gasteiger partial charge in [0.2, 0.25) is 0 Å². The van der Waals surface area contributed by atoms with Crippen molar-refractivity contribution in [3.05, 3.63) is 18.2 Å². The lowest BCUT2D eigenvalue weighted by molar-refractivity contribution is 0.471. The molecule has 1 saturated heterocycles. The van der Waals surface area contributed by atoms with E-state index in [-0.39, 0.29) is 0 Å². The second-order valence-electron chi connectivity index (χ2n) is 3.94. The van der Waals surface area contributed by atoms with Crippen LogP contribution in [0.4, 0.5) is 0 Å². The van der Waals surface area contributed by atoms with Gasteiger partial charge in [-0.25, -0.2) is 4.98 Å². The Kier molecular flexibility index (Phi) is 4.09. The van der Waals surface area contributed by atoms with Gasteiger partial charge in [0.15, 0.2) is 0 Å². The van der Waals surface area contributed by atoms with E-state index in [4.69, 9.17) is 0 Å². The average Bonchev–Trinajstić information content (AvgIpc) is 2.75. The van der Waals surface area contributed by atoms with E-state index in [0.717, 1.165) is 13.1 Å². The molecule has 0 spiro atoms. The Bertz CT molecular complexity index is 292. The van der Waals surface area contributed by atoms with Gasteiger partial charge in [-0.15, -0.1) is 0 Å². The summed E-state index contributed by atoms with van der Waals surface area (Å²) >= 11 is 2.07. The van der Waals surface area contributed by atoms with Crippen molar-refractivity contribution in [2.45, 2.75) is 38.9 Å². The Hall–Kier alpha value is -0.480. The lowest BCUT2D eigenvalue weighted by Gasteiger charge is -2.22. The van der Waals surface area contributed by atoms with Gasteiger partial charge in [0, 0.05) is 25.3 Å². The molecule has 84 valence electrons. The monoisotopic (exact) mass is 225 g/mol. The summed E-state index contributed by atoms with van der Waals surface area (Å²) in [5.74, 6) is 2.62. The molecule has 2 heterocycles. The highest BCUT2D eigenvalue weighted by atomic mass is 32.2. The van der Waals surface area contributed by atoms with Crippen LogP contribution in [-0.4, -0.2) is 27.1 Å². The molecule has 1 aliphatic heterocycles. The summed E-state index contributed by atoms with van der Waals surface area (Å²) in [6.45, 7) is 4.13. The highest BCUT2D eigenvalue weighted by Gasteiger charge is 2.13. The second-order valence-corrected chi connectivity index (χ2v) is 5.16. The normalized spacial score (nSPS) is 18.2. The third kappa shape index (κ3) is 2.98. The molecule has 0 aliphatic carbocycles. The minimum atomic E-state index is 0.714. The Morgan fingerprint density at radius 3 is 3.07 bits per heavy atom. The Labute approximate surface area is 95.7 Å². The number of nitrogens with zero attached hydrogens (tertiary/aromatic N) is 2. The molecule has 0 radical (unpaired) electrons. The van der Waals surface area contributed by atoms with Gasteiger partial charge in [0.25, 0.3) is 0 Å². The predicted molar refractivity (Wildman–Crippen MR) is 65.1 cm³/mol. The van der Waals surface area contributed by atoms with Crippen molar-refractivity contribution in [2.24, 2.45) is 0 Å². The van der Waals surface area contributed by atoms with Gasteiger partial charge in [0.1, 0.15) is 0 Å². The molecule has 1 aromatic heterocycles. The van der Waals surface area contributed by atoms with Crippen LogP contribution in [0.2, 0.25) is 0 Å². The number of hydrogen-bond donors (Lipinski definition) is 1. The SMILES string of the molecule is CCn1cncc1CNC1CCSCC1. The Balaban J connectivity index is 1.81. The first kappa shape index (κ1) is 11.0. The minimum Gasteiger partial charge on any atom is -0.334 e. The van der Waals surface area contributed by atoms with Crippen LogP contribution in [0.25, 0.3) is 0 Å². The van der Waals surface area contributed by atoms with E-state index >= 15 is 0 Å². The molecule has 0 amide bonds. The van der Waals surface area contributed by atoms with Crippen LogP contribution in [0.1, 0.15) is 25.5 Å². The predicted octanol–water partition coefficient (Wildman–Crippen LogP) is 1.89. The fourth-order valence-electron chi connectivity index (χ4n) is 1.93. The lowest BCUT2D eigenvalue weighted by atomic mass is 10.1. The van der Waals surface area contributed by atoms with Gasteiger partial charge in [-0.1, -0.05) is 0 Å². The minimum absolute atomic E-state index is 0.714. The highest BCUT2D eigenvalue weighted by Crippen LogP contribution is 2.17. The van der Waals surface area contributed by atoms with Crippen molar-refractivity contribution in [3.8, 4) is 0 Å². The van der Waals surface area contributed by atoms with Crippen LogP contribution in [0, 0.1) is 0 Å². The topological polar surface area (TPSA) is 29.9 Å². The van der Waals surface area contributed by atoms with E-state index in [1.54, 1.807) is 0 Å². The summed E-state index contributed by atoms with van der Waals surface area (Å²) in [5, 5.41) is 3.62. The molecule has 0 atom stereocenters. The van der Waals surface area contributed by atoms with Crippen molar-refractivity contribution < 1.29 is 0 Å². The maximum Gasteiger partial charge on any atom is 0.0948 e. The van der Waals surface area contributed by atoms with Crippen LogP contribution in [0.5, 0.6) is 0 Å². The summed E-state index contributed by atoms with van der Waals surface area (Å²) in [4.78, 5) is 4.18. The molecule has 1 aliphatic rings. The van der Waals surface area contributed by atoms with Gasteiger partial charge in [-0.05, 0) is 31.3 Å². The van der Waals surface area contributed by atoms with Crippen LogP contribution in [0.15, 0.2) is 12.5 Å². The second kappa shape index (κ2) is 5.56. The molecule has 15 heavy (non-hydrogen) atoms. The number of aromatic nitrogens is 2. The fourth-order valence-corrected chi connectivity index (χ4v) is 3.04. The third-order valence-electron chi connectivity index (χ3n) is 2.93. The van der Waals surface area contributed by atoms with E-state index in [9.17, 15) is 0 Å². The average molecular weight is 225 g/mol. The molecule has 3 nitrogen and oxygen atoms in total. The van der Waals surface area contributed by atoms with Crippen LogP contribution in [0.3, 0.4) is 0 Å². The van der Waals surface area contributed by atoms with Gasteiger partial charge in [-0.2, -0.15) is 11.8 Å². The van der Waals surface area contributed by atoms with Crippen LogP contribution in [-0.2, 0) is 13.1 Å². The van der Waals surface area contributed by atoms with Gasteiger partial charge < -0.3 is 9.88 Å². The summed E-state index contributed by atoms with van der Waals surface area (Å²) in [6, 6.07) is 0.714. The van der Waals surface area contributed by atoms with E-state index in [1.807, 2.05) is 12.5 Å². The first-order valence-electron chi connectivity index (χ1n) is 5.70. The summed E-state index contributed by atoms with van der Waals surface area (Å²) < 4.78 is 2.20.